The zero-order valence-electron chi connectivity index (χ0n) is 14.9. The molecule has 1 amide bonds. The third-order valence-corrected chi connectivity index (χ3v) is 6.56. The molecule has 8 heteroatoms. The molecule has 0 spiro atoms. The number of carbonyl (C=O) groups excluding carboxylic acids is 1. The number of carbonyl (C=O) groups is 1. The van der Waals surface area contributed by atoms with E-state index in [0.29, 0.717) is 28.6 Å². The van der Waals surface area contributed by atoms with E-state index in [1.165, 1.54) is 0 Å². The molecule has 2 aromatic carbocycles. The third-order valence-electron chi connectivity index (χ3n) is 4.56. The topological polar surface area (TPSA) is 76.9 Å². The largest absolute Gasteiger partial charge is 0.455 e. The number of likely N-dealkylation sites (N-methyl/N-ethyl adjacent to an activating group) is 1. The number of amides is 1. The first-order valence-electron chi connectivity index (χ1n) is 8.67. The Bertz CT molecular complexity index is 919. The Labute approximate surface area is 164 Å². The predicted molar refractivity (Wildman–Crippen MR) is 105 cm³/mol. The van der Waals surface area contributed by atoms with Crippen LogP contribution >= 0.6 is 11.6 Å². The number of ether oxygens (including phenoxy) is 1. The SMILES string of the molecule is C[NH+](CC(=O)Nc1cc(Cl)ccc1Oc1ccccc1)[C@H]1CCS(=O)(=O)C1. The quantitative estimate of drug-likeness (QED) is 0.762. The molecule has 1 aliphatic heterocycles. The van der Waals surface area contributed by atoms with Gasteiger partial charge in [-0.15, -0.1) is 0 Å². The predicted octanol–water partition coefficient (Wildman–Crippen LogP) is 1.77. The Hall–Kier alpha value is -2.09. The minimum atomic E-state index is -2.97. The standard InChI is InChI=1S/C19H21ClN2O4S/c1-22(15-9-10-27(24,25)13-15)12-19(23)21-17-11-14(20)7-8-18(17)26-16-5-3-2-4-6-16/h2-8,11,15H,9-10,12-13H2,1H3,(H,21,23)/p+1/t15-/m0/s1. The summed E-state index contributed by atoms with van der Waals surface area (Å²) >= 11 is 6.07. The van der Waals surface area contributed by atoms with Gasteiger partial charge in [0.1, 0.15) is 17.5 Å². The number of benzene rings is 2. The van der Waals surface area contributed by atoms with Crippen molar-refractivity contribution in [2.75, 3.05) is 30.4 Å². The summed E-state index contributed by atoms with van der Waals surface area (Å²) in [7, 11) is -1.13. The van der Waals surface area contributed by atoms with Crippen LogP contribution in [0, 0.1) is 0 Å². The number of rotatable bonds is 6. The van der Waals surface area contributed by atoms with Gasteiger partial charge in [0.05, 0.1) is 18.5 Å². The Kier molecular flexibility index (Phi) is 6.04. The van der Waals surface area contributed by atoms with Gasteiger partial charge in [0.15, 0.2) is 22.1 Å². The molecule has 2 atom stereocenters. The maximum atomic E-state index is 12.5. The van der Waals surface area contributed by atoms with Crippen LogP contribution in [0.5, 0.6) is 11.5 Å². The fourth-order valence-corrected chi connectivity index (χ4v) is 5.13. The van der Waals surface area contributed by atoms with Crippen LogP contribution in [0.25, 0.3) is 0 Å². The monoisotopic (exact) mass is 409 g/mol. The van der Waals surface area contributed by atoms with E-state index in [-0.39, 0.29) is 30.0 Å². The first-order valence-corrected chi connectivity index (χ1v) is 10.9. The lowest BCUT2D eigenvalue weighted by molar-refractivity contribution is -0.894. The minimum Gasteiger partial charge on any atom is -0.455 e. The molecule has 1 unspecified atom stereocenters. The van der Waals surface area contributed by atoms with Gasteiger partial charge in [0, 0.05) is 11.4 Å². The van der Waals surface area contributed by atoms with Crippen molar-refractivity contribution >= 4 is 33.0 Å². The Morgan fingerprint density at radius 1 is 1.26 bits per heavy atom. The van der Waals surface area contributed by atoms with E-state index in [1.807, 2.05) is 37.4 Å². The molecular formula is C19H22ClN2O4S+. The van der Waals surface area contributed by atoms with Gasteiger partial charge >= 0.3 is 0 Å². The summed E-state index contributed by atoms with van der Waals surface area (Å²) in [6, 6.07) is 14.2. The van der Waals surface area contributed by atoms with Crippen LogP contribution in [0.1, 0.15) is 6.42 Å². The van der Waals surface area contributed by atoms with E-state index < -0.39 is 9.84 Å². The van der Waals surface area contributed by atoms with Gasteiger partial charge in [-0.1, -0.05) is 29.8 Å². The van der Waals surface area contributed by atoms with Gasteiger partial charge in [-0.05, 0) is 30.3 Å². The number of hydrogen-bond acceptors (Lipinski definition) is 4. The molecule has 1 heterocycles. The van der Waals surface area contributed by atoms with Crippen LogP contribution in [-0.2, 0) is 14.6 Å². The number of nitrogens with one attached hydrogen (secondary N) is 2. The van der Waals surface area contributed by atoms with Crippen LogP contribution in [0.15, 0.2) is 48.5 Å². The fraction of sp³-hybridized carbons (Fsp3) is 0.316. The molecule has 1 fully saturated rings. The maximum Gasteiger partial charge on any atom is 0.279 e. The van der Waals surface area contributed by atoms with Gasteiger partial charge in [-0.3, -0.25) is 4.79 Å². The molecule has 27 heavy (non-hydrogen) atoms. The highest BCUT2D eigenvalue weighted by atomic mass is 35.5. The van der Waals surface area contributed by atoms with Crippen LogP contribution < -0.4 is 15.0 Å². The molecule has 0 radical (unpaired) electrons. The highest BCUT2D eigenvalue weighted by Crippen LogP contribution is 2.31. The zero-order chi connectivity index (χ0) is 19.4. The van der Waals surface area contributed by atoms with Crippen molar-refractivity contribution in [1.82, 2.24) is 0 Å². The molecule has 1 aliphatic rings. The first-order chi connectivity index (χ1) is 12.8. The summed E-state index contributed by atoms with van der Waals surface area (Å²) in [6.07, 6.45) is 0.584. The van der Waals surface area contributed by atoms with Crippen molar-refractivity contribution in [2.24, 2.45) is 0 Å². The molecule has 3 rings (SSSR count). The lowest BCUT2D eigenvalue weighted by Gasteiger charge is -2.20. The highest BCUT2D eigenvalue weighted by molar-refractivity contribution is 7.91. The summed E-state index contributed by atoms with van der Waals surface area (Å²) in [5.41, 5.74) is 0.475. The lowest BCUT2D eigenvalue weighted by atomic mass is 10.2. The molecule has 144 valence electrons. The van der Waals surface area contributed by atoms with E-state index >= 15 is 0 Å². The summed E-state index contributed by atoms with van der Waals surface area (Å²) < 4.78 is 29.1. The Morgan fingerprint density at radius 3 is 2.67 bits per heavy atom. The maximum absolute atomic E-state index is 12.5. The van der Waals surface area contributed by atoms with Crippen molar-refractivity contribution in [3.8, 4) is 11.5 Å². The smallest absolute Gasteiger partial charge is 0.279 e. The Balaban J connectivity index is 1.67. The molecule has 6 nitrogen and oxygen atoms in total. The van der Waals surface area contributed by atoms with E-state index in [4.69, 9.17) is 16.3 Å². The zero-order valence-corrected chi connectivity index (χ0v) is 16.5. The summed E-state index contributed by atoms with van der Waals surface area (Å²) in [6.45, 7) is 0.164. The van der Waals surface area contributed by atoms with Crippen LogP contribution in [0.3, 0.4) is 0 Å². The van der Waals surface area contributed by atoms with Crippen molar-refractivity contribution in [3.05, 3.63) is 53.6 Å². The first kappa shape index (κ1) is 19.7. The highest BCUT2D eigenvalue weighted by Gasteiger charge is 2.34. The molecule has 0 aromatic heterocycles. The molecule has 0 saturated carbocycles. The summed E-state index contributed by atoms with van der Waals surface area (Å²) in [5.74, 6) is 1.23. The number of para-hydroxylation sites is 1. The van der Waals surface area contributed by atoms with E-state index in [1.54, 1.807) is 18.2 Å². The van der Waals surface area contributed by atoms with Crippen LogP contribution in [0.4, 0.5) is 5.69 Å². The number of anilines is 1. The Morgan fingerprint density at radius 2 is 2.00 bits per heavy atom. The van der Waals surface area contributed by atoms with Crippen molar-refractivity contribution < 1.29 is 22.8 Å². The molecule has 0 aliphatic carbocycles. The van der Waals surface area contributed by atoms with Crippen LogP contribution in [-0.4, -0.2) is 45.5 Å². The molecule has 2 N–H and O–H groups in total. The molecular weight excluding hydrogens is 388 g/mol. The molecule has 0 bridgehead atoms. The second-order valence-electron chi connectivity index (χ2n) is 6.73. The number of halogens is 1. The van der Waals surface area contributed by atoms with Crippen molar-refractivity contribution in [2.45, 2.75) is 12.5 Å². The van der Waals surface area contributed by atoms with Gasteiger partial charge in [-0.2, -0.15) is 0 Å². The third kappa shape index (κ3) is 5.45. The lowest BCUT2D eigenvalue weighted by Crippen LogP contribution is -3.14. The second-order valence-corrected chi connectivity index (χ2v) is 9.39. The van der Waals surface area contributed by atoms with Gasteiger partial charge in [0.25, 0.3) is 5.91 Å². The number of sulfone groups is 1. The normalized spacial score (nSPS) is 19.4. The fourth-order valence-electron chi connectivity index (χ4n) is 3.08. The summed E-state index contributed by atoms with van der Waals surface area (Å²) in [4.78, 5) is 13.4. The van der Waals surface area contributed by atoms with Gasteiger partial charge in [0.2, 0.25) is 0 Å². The van der Waals surface area contributed by atoms with Gasteiger partial charge < -0.3 is 15.0 Å². The van der Waals surface area contributed by atoms with Crippen molar-refractivity contribution in [1.29, 1.82) is 0 Å². The minimum absolute atomic E-state index is 0.0554. The van der Waals surface area contributed by atoms with Gasteiger partial charge in [-0.25, -0.2) is 8.42 Å². The summed E-state index contributed by atoms with van der Waals surface area (Å²) in [5, 5.41) is 3.31. The molecule has 1 saturated heterocycles. The molecule has 2 aromatic rings. The van der Waals surface area contributed by atoms with E-state index in [0.717, 1.165) is 4.90 Å². The average molecular weight is 410 g/mol. The van der Waals surface area contributed by atoms with Crippen LogP contribution in [0.2, 0.25) is 5.02 Å². The average Bonchev–Trinajstić information content (AvgIpc) is 2.98. The number of hydrogen-bond donors (Lipinski definition) is 2. The van der Waals surface area contributed by atoms with E-state index in [9.17, 15) is 13.2 Å². The van der Waals surface area contributed by atoms with E-state index in [2.05, 4.69) is 5.32 Å². The van der Waals surface area contributed by atoms with Crippen molar-refractivity contribution in [3.63, 3.8) is 0 Å². The second kappa shape index (κ2) is 8.29. The number of quaternary nitrogens is 1.